The Morgan fingerprint density at radius 2 is 1.94 bits per heavy atom. The zero-order valence-corrected chi connectivity index (χ0v) is 18.6. The van der Waals surface area contributed by atoms with E-state index in [1.165, 1.54) is 0 Å². The normalized spacial score (nSPS) is 17.4. The molecule has 0 atom stereocenters. The number of halogens is 1. The van der Waals surface area contributed by atoms with E-state index in [1.807, 2.05) is 70.2 Å². The summed E-state index contributed by atoms with van der Waals surface area (Å²) in [4.78, 5) is 23.3. The Balaban J connectivity index is 1.32. The predicted octanol–water partition coefficient (Wildman–Crippen LogP) is 4.28. The van der Waals surface area contributed by atoms with E-state index in [-0.39, 0.29) is 6.03 Å². The highest BCUT2D eigenvalue weighted by Crippen LogP contribution is 2.30. The van der Waals surface area contributed by atoms with Gasteiger partial charge in [-0.3, -0.25) is 0 Å². The van der Waals surface area contributed by atoms with Crippen LogP contribution < -0.4 is 0 Å². The number of hydrogen-bond donors (Lipinski definition) is 1. The van der Waals surface area contributed by atoms with Crippen LogP contribution in [-0.2, 0) is 13.1 Å². The first-order chi connectivity index (χ1) is 15.0. The van der Waals surface area contributed by atoms with E-state index >= 15 is 0 Å². The minimum absolute atomic E-state index is 0.0405. The van der Waals surface area contributed by atoms with Gasteiger partial charge in [0.2, 0.25) is 0 Å². The van der Waals surface area contributed by atoms with Crippen LogP contribution in [0.1, 0.15) is 30.9 Å². The molecule has 164 valence electrons. The lowest BCUT2D eigenvalue weighted by atomic mass is 9.90. The number of nitrogens with zero attached hydrogens (tertiary/aromatic N) is 4. The third kappa shape index (κ3) is 5.20. The van der Waals surface area contributed by atoms with Crippen LogP contribution in [0.4, 0.5) is 10.5 Å². The highest BCUT2D eigenvalue weighted by Gasteiger charge is 2.36. The SMILES string of the molecule is CCN(Cc1ccccc1)C(=O)N1CCC(O)(CN2C=Nc3cc(Cl)ccc3C2)CC1. The fourth-order valence-electron chi connectivity index (χ4n) is 4.26. The van der Waals surface area contributed by atoms with Crippen molar-refractivity contribution in [3.63, 3.8) is 0 Å². The number of β-amino-alcohol motifs (C(OH)–C–C–N with tert-alkyl or cyclic N) is 1. The van der Waals surface area contributed by atoms with Gasteiger partial charge in [0.1, 0.15) is 0 Å². The van der Waals surface area contributed by atoms with E-state index in [1.54, 1.807) is 6.34 Å². The number of rotatable bonds is 5. The number of aliphatic imine (C=N–C) groups is 1. The lowest BCUT2D eigenvalue weighted by molar-refractivity contribution is -0.0294. The molecule has 0 bridgehead atoms. The van der Waals surface area contributed by atoms with Gasteiger partial charge in [0.05, 0.1) is 17.6 Å². The van der Waals surface area contributed by atoms with Gasteiger partial charge < -0.3 is 19.8 Å². The maximum atomic E-state index is 13.0. The van der Waals surface area contributed by atoms with Crippen LogP contribution >= 0.6 is 11.6 Å². The number of benzene rings is 2. The second kappa shape index (κ2) is 9.28. The van der Waals surface area contributed by atoms with Gasteiger partial charge in [-0.15, -0.1) is 0 Å². The van der Waals surface area contributed by atoms with Gasteiger partial charge in [0, 0.05) is 44.3 Å². The molecule has 2 aromatic carbocycles. The summed E-state index contributed by atoms with van der Waals surface area (Å²) in [6.45, 7) is 5.56. The maximum absolute atomic E-state index is 13.0. The fraction of sp³-hybridized carbons (Fsp3) is 0.417. The number of hydrogen-bond acceptors (Lipinski definition) is 4. The molecule has 1 N–H and O–H groups in total. The van der Waals surface area contributed by atoms with Crippen LogP contribution in [0.2, 0.25) is 5.02 Å². The van der Waals surface area contributed by atoms with Crippen molar-refractivity contribution in [2.24, 2.45) is 4.99 Å². The molecule has 0 unspecified atom stereocenters. The van der Waals surface area contributed by atoms with Gasteiger partial charge in [0.25, 0.3) is 0 Å². The number of aliphatic hydroxyl groups is 1. The molecule has 7 heteroatoms. The monoisotopic (exact) mass is 440 g/mol. The highest BCUT2D eigenvalue weighted by atomic mass is 35.5. The largest absolute Gasteiger partial charge is 0.388 e. The summed E-state index contributed by atoms with van der Waals surface area (Å²) in [6.07, 6.45) is 2.89. The Morgan fingerprint density at radius 3 is 2.65 bits per heavy atom. The zero-order chi connectivity index (χ0) is 21.8. The Kier molecular flexibility index (Phi) is 6.49. The summed E-state index contributed by atoms with van der Waals surface area (Å²) in [5.74, 6) is 0. The van der Waals surface area contributed by atoms with Gasteiger partial charge in [-0.1, -0.05) is 48.0 Å². The Bertz CT molecular complexity index is 942. The molecule has 2 aliphatic rings. The van der Waals surface area contributed by atoms with Crippen LogP contribution in [0.3, 0.4) is 0 Å². The second-order valence-corrected chi connectivity index (χ2v) is 8.85. The van der Waals surface area contributed by atoms with Gasteiger partial charge in [-0.25, -0.2) is 9.79 Å². The van der Waals surface area contributed by atoms with Gasteiger partial charge >= 0.3 is 6.03 Å². The molecule has 6 nitrogen and oxygen atoms in total. The van der Waals surface area contributed by atoms with Crippen molar-refractivity contribution in [3.8, 4) is 0 Å². The lowest BCUT2D eigenvalue weighted by Crippen LogP contribution is -2.54. The molecule has 1 saturated heterocycles. The Hall–Kier alpha value is -2.57. The molecule has 0 aliphatic carbocycles. The van der Waals surface area contributed by atoms with E-state index in [9.17, 15) is 9.90 Å². The third-order valence-electron chi connectivity index (χ3n) is 6.11. The molecule has 31 heavy (non-hydrogen) atoms. The molecular weight excluding hydrogens is 412 g/mol. The first-order valence-corrected chi connectivity index (χ1v) is 11.2. The minimum Gasteiger partial charge on any atom is -0.388 e. The molecule has 0 radical (unpaired) electrons. The smallest absolute Gasteiger partial charge is 0.320 e. The van der Waals surface area contributed by atoms with Gasteiger partial charge in [0.15, 0.2) is 0 Å². The molecule has 2 heterocycles. The summed E-state index contributed by atoms with van der Waals surface area (Å²) >= 11 is 6.04. The van der Waals surface area contributed by atoms with Crippen molar-refractivity contribution in [2.75, 3.05) is 26.2 Å². The average Bonchev–Trinajstić information content (AvgIpc) is 2.78. The van der Waals surface area contributed by atoms with Crippen molar-refractivity contribution >= 4 is 29.7 Å². The van der Waals surface area contributed by atoms with Crippen molar-refractivity contribution in [3.05, 3.63) is 64.7 Å². The van der Waals surface area contributed by atoms with Crippen molar-refractivity contribution in [1.29, 1.82) is 0 Å². The van der Waals surface area contributed by atoms with E-state index in [4.69, 9.17) is 11.6 Å². The van der Waals surface area contributed by atoms with E-state index in [0.717, 1.165) is 16.8 Å². The average molecular weight is 441 g/mol. The molecule has 2 amide bonds. The molecule has 2 aliphatic heterocycles. The van der Waals surface area contributed by atoms with Crippen molar-refractivity contribution < 1.29 is 9.90 Å². The van der Waals surface area contributed by atoms with Crippen LogP contribution in [0.5, 0.6) is 0 Å². The summed E-state index contributed by atoms with van der Waals surface area (Å²) < 4.78 is 0. The number of carbonyl (C=O) groups excluding carboxylic acids is 1. The number of fused-ring (bicyclic) bond motifs is 1. The summed E-state index contributed by atoms with van der Waals surface area (Å²) in [5.41, 5.74) is 2.28. The summed E-state index contributed by atoms with van der Waals surface area (Å²) in [6, 6.07) is 15.8. The molecular formula is C24H29ClN4O2. The minimum atomic E-state index is -0.830. The molecule has 4 rings (SSSR count). The zero-order valence-electron chi connectivity index (χ0n) is 17.9. The predicted molar refractivity (Wildman–Crippen MR) is 124 cm³/mol. The van der Waals surface area contributed by atoms with Crippen LogP contribution in [0.25, 0.3) is 0 Å². The maximum Gasteiger partial charge on any atom is 0.320 e. The van der Waals surface area contributed by atoms with Crippen molar-refractivity contribution in [2.45, 2.75) is 38.5 Å². The highest BCUT2D eigenvalue weighted by molar-refractivity contribution is 6.30. The van der Waals surface area contributed by atoms with E-state index < -0.39 is 5.60 Å². The molecule has 2 aromatic rings. The molecule has 0 spiro atoms. The third-order valence-corrected chi connectivity index (χ3v) is 6.35. The Labute approximate surface area is 188 Å². The second-order valence-electron chi connectivity index (χ2n) is 8.42. The quantitative estimate of drug-likeness (QED) is 0.754. The standard InChI is InChI=1S/C24H29ClN4O2/c1-2-28(15-19-6-4-3-5-7-19)23(30)29-12-10-24(31,11-13-29)17-27-16-20-8-9-21(25)14-22(20)26-18-27/h3-9,14,18,31H,2,10-13,15-17H2,1H3. The summed E-state index contributed by atoms with van der Waals surface area (Å²) in [5, 5.41) is 11.8. The fourth-order valence-corrected chi connectivity index (χ4v) is 4.43. The Morgan fingerprint density at radius 1 is 1.19 bits per heavy atom. The lowest BCUT2D eigenvalue weighted by Gasteiger charge is -2.42. The number of amides is 2. The van der Waals surface area contributed by atoms with E-state index in [2.05, 4.69) is 4.99 Å². The van der Waals surface area contributed by atoms with E-state index in [0.29, 0.717) is 57.1 Å². The van der Waals surface area contributed by atoms with Gasteiger partial charge in [-0.05, 0) is 43.0 Å². The van der Waals surface area contributed by atoms with Crippen LogP contribution in [0, 0.1) is 0 Å². The first kappa shape index (κ1) is 21.7. The van der Waals surface area contributed by atoms with Crippen LogP contribution in [0.15, 0.2) is 53.5 Å². The summed E-state index contributed by atoms with van der Waals surface area (Å²) in [7, 11) is 0. The van der Waals surface area contributed by atoms with Gasteiger partial charge in [-0.2, -0.15) is 0 Å². The number of carbonyl (C=O) groups is 1. The topological polar surface area (TPSA) is 59.4 Å². The number of likely N-dealkylation sites (tertiary alicyclic amines) is 1. The van der Waals surface area contributed by atoms with Crippen LogP contribution in [-0.4, -0.2) is 64.0 Å². The number of urea groups is 1. The number of piperidine rings is 1. The first-order valence-electron chi connectivity index (χ1n) is 10.8. The molecule has 1 fully saturated rings. The molecule has 0 aromatic heterocycles. The molecule has 0 saturated carbocycles. The van der Waals surface area contributed by atoms with Crippen molar-refractivity contribution in [1.82, 2.24) is 14.7 Å².